The van der Waals surface area contributed by atoms with Gasteiger partial charge in [0.15, 0.2) is 0 Å². The minimum Gasteiger partial charge on any atom is -0.391 e. The number of fused-ring (bicyclic) bond motifs is 1. The molecule has 7 nitrogen and oxygen atoms in total. The van der Waals surface area contributed by atoms with Crippen molar-refractivity contribution in [1.82, 2.24) is 9.97 Å². The molecule has 2 aromatic heterocycles. The fraction of sp³-hybridized carbons (Fsp3) is 0.0750. The van der Waals surface area contributed by atoms with Crippen molar-refractivity contribution in [3.05, 3.63) is 200 Å². The van der Waals surface area contributed by atoms with Crippen molar-refractivity contribution in [2.45, 2.75) is 13.0 Å². The second-order valence-electron chi connectivity index (χ2n) is 10.5. The fourth-order valence-corrected chi connectivity index (χ4v) is 6.58. The monoisotopic (exact) mass is 810 g/mol. The molecule has 7 rings (SSSR count). The number of aliphatic imine (C=N–C) groups is 1. The van der Waals surface area contributed by atoms with Crippen LogP contribution in [0.15, 0.2) is 164 Å². The number of nitrogens with zero attached hydrogens (tertiary/aromatic N) is 5. The van der Waals surface area contributed by atoms with Crippen LogP contribution in [0.5, 0.6) is 0 Å². The third-order valence-corrected chi connectivity index (χ3v) is 8.78. The molecule has 2 unspecified atom stereocenters. The number of rotatable bonds is 5. The predicted molar refractivity (Wildman–Crippen MR) is 210 cm³/mol. The molecule has 1 aliphatic rings. The van der Waals surface area contributed by atoms with E-state index in [2.05, 4.69) is 76.6 Å². The first-order chi connectivity index (χ1) is 23.8. The number of hydrogen-bond acceptors (Lipinski definition) is 6. The molecular weight excluding hydrogens is 779 g/mol. The molecule has 51 heavy (non-hydrogen) atoms. The Hall–Kier alpha value is -4.48. The summed E-state index contributed by atoms with van der Waals surface area (Å²) in [6.07, 6.45) is 8.48. The van der Waals surface area contributed by atoms with Crippen molar-refractivity contribution in [2.75, 3.05) is 6.26 Å². The standard InChI is InChI=1S/C19H14BrN3.C15H11BrN2OS.C5H4N.CH4.Li/c20-15-5-3-4-14(12-15)19(13-8-10-22-11-9-13)17-7-2-1-6-16(17)18(21)23-19;1-20(19)18-15(11-6-4-7-13(16)9-11)14-8-3-2-5-12(14)10-17;1-2-4-6-5-3-1;;/h1-12H,(H2,21,23);2-9H,1H3;2-5H;1H4;/q;;-1;;+1. The maximum absolute atomic E-state index is 11.5. The van der Waals surface area contributed by atoms with E-state index in [9.17, 15) is 9.47 Å². The van der Waals surface area contributed by atoms with Gasteiger partial charge in [0.2, 0.25) is 0 Å². The van der Waals surface area contributed by atoms with Crippen LogP contribution < -0.4 is 24.6 Å². The van der Waals surface area contributed by atoms with E-state index in [4.69, 9.17) is 10.7 Å². The molecule has 0 radical (unpaired) electrons. The summed E-state index contributed by atoms with van der Waals surface area (Å²) in [5.74, 6) is 0.567. The van der Waals surface area contributed by atoms with E-state index in [0.717, 1.165) is 36.8 Å². The number of nitriles is 1. The van der Waals surface area contributed by atoms with Crippen molar-refractivity contribution in [3.63, 3.8) is 0 Å². The van der Waals surface area contributed by atoms with Crippen LogP contribution in [0, 0.1) is 17.4 Å². The van der Waals surface area contributed by atoms with Gasteiger partial charge in [0.25, 0.3) is 0 Å². The van der Waals surface area contributed by atoms with E-state index in [0.29, 0.717) is 22.7 Å². The van der Waals surface area contributed by atoms with E-state index >= 15 is 0 Å². The Morgan fingerprint density at radius 1 is 0.824 bits per heavy atom. The second kappa shape index (κ2) is 19.8. The molecule has 11 heteroatoms. The molecule has 0 spiro atoms. The van der Waals surface area contributed by atoms with E-state index < -0.39 is 16.5 Å². The largest absolute Gasteiger partial charge is 1.00 e. The summed E-state index contributed by atoms with van der Waals surface area (Å²) >= 11 is 6.98. The van der Waals surface area contributed by atoms with Crippen molar-refractivity contribution >= 4 is 54.4 Å². The molecule has 0 saturated carbocycles. The third kappa shape index (κ3) is 10.1. The third-order valence-electron chi connectivity index (χ3n) is 7.36. The zero-order valence-corrected chi connectivity index (χ0v) is 31.2. The quantitative estimate of drug-likeness (QED) is 0.134. The molecule has 4 aromatic carbocycles. The molecule has 0 amide bonds. The van der Waals surface area contributed by atoms with Crippen LogP contribution in [0.2, 0.25) is 0 Å². The van der Waals surface area contributed by atoms with Gasteiger partial charge in [-0.2, -0.15) is 27.9 Å². The second-order valence-corrected chi connectivity index (χ2v) is 13.3. The Labute approximate surface area is 330 Å². The minimum absolute atomic E-state index is 0. The summed E-state index contributed by atoms with van der Waals surface area (Å²) in [6.45, 7) is 0. The molecule has 2 N–H and O–H groups in total. The van der Waals surface area contributed by atoms with E-state index in [1.165, 1.54) is 6.26 Å². The first-order valence-electron chi connectivity index (χ1n) is 14.9. The fourth-order valence-electron chi connectivity index (χ4n) is 5.32. The van der Waals surface area contributed by atoms with Gasteiger partial charge >= 0.3 is 18.9 Å². The molecule has 0 bridgehead atoms. The maximum atomic E-state index is 11.5. The van der Waals surface area contributed by atoms with Crippen LogP contribution in [0.3, 0.4) is 0 Å². The molecule has 250 valence electrons. The molecule has 0 saturated heterocycles. The maximum Gasteiger partial charge on any atom is 1.00 e. The van der Waals surface area contributed by atoms with Crippen molar-refractivity contribution < 1.29 is 23.1 Å². The molecule has 2 atom stereocenters. The van der Waals surface area contributed by atoms with Crippen LogP contribution in [-0.2, 0) is 16.5 Å². The molecular formula is C40H33Br2LiN6OS. The van der Waals surface area contributed by atoms with Gasteiger partial charge in [0, 0.05) is 44.3 Å². The van der Waals surface area contributed by atoms with Crippen LogP contribution in [-0.4, -0.2) is 32.0 Å². The Morgan fingerprint density at radius 3 is 2.06 bits per heavy atom. The summed E-state index contributed by atoms with van der Waals surface area (Å²) in [5.41, 5.74) is 12.4. The molecule has 1 aliphatic heterocycles. The molecule has 3 heterocycles. The van der Waals surface area contributed by atoms with Gasteiger partial charge in [-0.05, 0) is 59.2 Å². The average molecular weight is 813 g/mol. The molecule has 0 fully saturated rings. The summed E-state index contributed by atoms with van der Waals surface area (Å²) in [5, 5.41) is 9.21. The number of nitrogens with two attached hydrogens (primary N) is 1. The van der Waals surface area contributed by atoms with Crippen molar-refractivity contribution in [1.29, 1.82) is 5.26 Å². The van der Waals surface area contributed by atoms with E-state index in [1.54, 1.807) is 49.1 Å². The summed E-state index contributed by atoms with van der Waals surface area (Å²) in [4.78, 5) is 12.8. The van der Waals surface area contributed by atoms with Gasteiger partial charge in [-0.1, -0.05) is 118 Å². The summed E-state index contributed by atoms with van der Waals surface area (Å²) < 4.78 is 17.6. The smallest absolute Gasteiger partial charge is 0.391 e. The average Bonchev–Trinajstić information content (AvgIpc) is 3.45. The number of pyridine rings is 2. The summed E-state index contributed by atoms with van der Waals surface area (Å²) in [6, 6.07) is 43.6. The topological polar surface area (TPSA) is 117 Å². The van der Waals surface area contributed by atoms with Gasteiger partial charge in [-0.25, -0.2) is 9.20 Å². The Kier molecular flexibility index (Phi) is 15.9. The van der Waals surface area contributed by atoms with Crippen LogP contribution >= 0.6 is 31.9 Å². The van der Waals surface area contributed by atoms with Gasteiger partial charge in [-0.15, -0.1) is 0 Å². The predicted octanol–water partition coefficient (Wildman–Crippen LogP) is 5.83. The Balaban J connectivity index is 0.000000230. The van der Waals surface area contributed by atoms with Gasteiger partial charge in [0.1, 0.15) is 22.4 Å². The molecule has 6 aromatic rings. The Bertz CT molecular complexity index is 2150. The first kappa shape index (κ1) is 40.9. The number of hydrogen-bond donors (Lipinski definition) is 1. The summed E-state index contributed by atoms with van der Waals surface area (Å²) in [7, 11) is -1.35. The van der Waals surface area contributed by atoms with Gasteiger partial charge in [-0.3, -0.25) is 4.98 Å². The number of halogens is 2. The number of aromatic nitrogens is 2. The van der Waals surface area contributed by atoms with Crippen LogP contribution in [0.4, 0.5) is 0 Å². The SMILES string of the molecule is C.CS(=O)N=C(c1cccc(Br)c1)c1ccccc1C#N.NC1=NC(c2ccncc2)(c2cccc(Br)c2)c2ccccc21.[Li+].[c-]1ccncc1. The Morgan fingerprint density at radius 2 is 1.45 bits per heavy atom. The number of benzene rings is 4. The molecule has 0 aliphatic carbocycles. The van der Waals surface area contributed by atoms with Crippen molar-refractivity contribution in [2.24, 2.45) is 15.1 Å². The van der Waals surface area contributed by atoms with Crippen molar-refractivity contribution in [3.8, 4) is 6.07 Å². The van der Waals surface area contributed by atoms with E-state index in [-0.39, 0.29) is 26.3 Å². The van der Waals surface area contributed by atoms with Gasteiger partial charge < -0.3 is 10.7 Å². The first-order valence-corrected chi connectivity index (χ1v) is 18.0. The number of amidine groups is 1. The normalized spacial score (nSPS) is 14.6. The zero-order valence-electron chi connectivity index (χ0n) is 27.2. The van der Waals surface area contributed by atoms with Crippen LogP contribution in [0.25, 0.3) is 0 Å². The minimum atomic E-state index is -1.35. The zero-order chi connectivity index (χ0) is 34.6. The van der Waals surface area contributed by atoms with Crippen LogP contribution in [0.1, 0.15) is 46.4 Å². The van der Waals surface area contributed by atoms with Gasteiger partial charge in [0.05, 0.1) is 17.3 Å². The van der Waals surface area contributed by atoms with E-state index in [1.807, 2.05) is 78.9 Å².